The molecule has 1 amide bonds. The number of aromatic nitrogens is 2. The van der Waals surface area contributed by atoms with Crippen molar-refractivity contribution in [3.05, 3.63) is 57.0 Å². The smallest absolute Gasteiger partial charge is 0.276 e. The van der Waals surface area contributed by atoms with Crippen molar-refractivity contribution in [3.63, 3.8) is 0 Å². The molecule has 1 fully saturated rings. The largest absolute Gasteiger partial charge is 0.348 e. The number of nitrogens with zero attached hydrogens (tertiary/aromatic N) is 3. The Morgan fingerprint density at radius 2 is 1.86 bits per heavy atom. The molecule has 1 saturated heterocycles. The third-order valence-corrected chi connectivity index (χ3v) is 7.07. The molecule has 1 aromatic carbocycles. The van der Waals surface area contributed by atoms with Crippen molar-refractivity contribution in [1.29, 1.82) is 0 Å². The first kappa shape index (κ1) is 21.5. The fourth-order valence-electron chi connectivity index (χ4n) is 3.26. The number of halogens is 1. The van der Waals surface area contributed by atoms with Gasteiger partial charge in [0.2, 0.25) is 15.5 Å². The Morgan fingerprint density at radius 1 is 1.24 bits per heavy atom. The van der Waals surface area contributed by atoms with E-state index in [-0.39, 0.29) is 17.5 Å². The second-order valence-corrected chi connectivity index (χ2v) is 9.63. The van der Waals surface area contributed by atoms with Crippen molar-refractivity contribution >= 4 is 27.5 Å². The number of carbonyl (C=O) groups excluding carboxylic acids is 1. The third-order valence-electron chi connectivity index (χ3n) is 4.94. The Balaban J connectivity index is 1.75. The fourth-order valence-corrected chi connectivity index (χ4v) is 4.52. The molecule has 1 aliphatic rings. The molecule has 1 aromatic heterocycles. The molecule has 2 heterocycles. The zero-order valence-electron chi connectivity index (χ0n) is 16.3. The number of sulfonamides is 1. The highest BCUT2D eigenvalue weighted by molar-refractivity contribution is 7.89. The van der Waals surface area contributed by atoms with E-state index in [1.807, 2.05) is 0 Å². The predicted molar refractivity (Wildman–Crippen MR) is 111 cm³/mol. The second kappa shape index (κ2) is 8.64. The van der Waals surface area contributed by atoms with Gasteiger partial charge in [-0.3, -0.25) is 9.59 Å². The molecule has 0 saturated carbocycles. The number of hydrogen-bond acceptors (Lipinski definition) is 5. The van der Waals surface area contributed by atoms with Gasteiger partial charge in [-0.15, -0.1) is 0 Å². The first-order chi connectivity index (χ1) is 13.7. The first-order valence-electron chi connectivity index (χ1n) is 9.37. The van der Waals surface area contributed by atoms with E-state index in [0.29, 0.717) is 42.3 Å². The molecular formula is C19H23ClN4O4S. The summed E-state index contributed by atoms with van der Waals surface area (Å²) in [6.07, 6.45) is 0.977. The Hall–Kier alpha value is -2.23. The van der Waals surface area contributed by atoms with E-state index < -0.39 is 21.4 Å². The van der Waals surface area contributed by atoms with Crippen molar-refractivity contribution < 1.29 is 13.2 Å². The van der Waals surface area contributed by atoms with Crippen LogP contribution in [0.25, 0.3) is 5.69 Å². The topological polar surface area (TPSA) is 101 Å². The van der Waals surface area contributed by atoms with E-state index in [2.05, 4.69) is 10.4 Å². The van der Waals surface area contributed by atoms with Gasteiger partial charge < -0.3 is 5.32 Å². The fraction of sp³-hybridized carbons (Fsp3) is 0.421. The summed E-state index contributed by atoms with van der Waals surface area (Å²) in [6, 6.07) is 8.06. The maximum Gasteiger partial charge on any atom is 0.276 e. The van der Waals surface area contributed by atoms with Crippen LogP contribution < -0.4 is 10.7 Å². The van der Waals surface area contributed by atoms with Crippen LogP contribution in [0.15, 0.2) is 35.1 Å². The van der Waals surface area contributed by atoms with E-state index in [4.69, 9.17) is 11.6 Å². The zero-order valence-corrected chi connectivity index (χ0v) is 17.8. The minimum absolute atomic E-state index is 0.0571. The number of nitrogens with one attached hydrogen (secondary N) is 1. The minimum atomic E-state index is -3.23. The Labute approximate surface area is 174 Å². The van der Waals surface area contributed by atoms with Crippen LogP contribution in [0.5, 0.6) is 0 Å². The van der Waals surface area contributed by atoms with E-state index in [9.17, 15) is 18.0 Å². The number of hydrogen-bond donors (Lipinski definition) is 1. The first-order valence-corrected chi connectivity index (χ1v) is 11.4. The molecule has 10 heteroatoms. The number of rotatable bonds is 5. The lowest BCUT2D eigenvalue weighted by molar-refractivity contribution is 0.0915. The molecule has 29 heavy (non-hydrogen) atoms. The lowest BCUT2D eigenvalue weighted by Gasteiger charge is -2.31. The van der Waals surface area contributed by atoms with Crippen LogP contribution in [0, 0.1) is 6.92 Å². The van der Waals surface area contributed by atoms with Gasteiger partial charge in [0.05, 0.1) is 11.4 Å². The molecule has 0 spiro atoms. The third kappa shape index (κ3) is 4.85. The van der Waals surface area contributed by atoms with Crippen molar-refractivity contribution in [2.24, 2.45) is 0 Å². The average molecular weight is 439 g/mol. The highest BCUT2D eigenvalue weighted by atomic mass is 35.5. The summed E-state index contributed by atoms with van der Waals surface area (Å²) in [4.78, 5) is 25.0. The van der Waals surface area contributed by atoms with E-state index >= 15 is 0 Å². The van der Waals surface area contributed by atoms with Crippen molar-refractivity contribution in [2.45, 2.75) is 32.7 Å². The molecular weight excluding hydrogens is 416 g/mol. The molecule has 156 valence electrons. The van der Waals surface area contributed by atoms with Gasteiger partial charge in [0.15, 0.2) is 5.69 Å². The van der Waals surface area contributed by atoms with Gasteiger partial charge in [0, 0.05) is 35.9 Å². The number of benzene rings is 1. The molecule has 8 nitrogen and oxygen atoms in total. The maximum absolute atomic E-state index is 12.7. The Bertz CT molecular complexity index is 1060. The van der Waals surface area contributed by atoms with Crippen molar-refractivity contribution in [1.82, 2.24) is 19.4 Å². The van der Waals surface area contributed by atoms with Crippen LogP contribution in [-0.2, 0) is 10.0 Å². The van der Waals surface area contributed by atoms with Gasteiger partial charge >= 0.3 is 0 Å². The van der Waals surface area contributed by atoms with Gasteiger partial charge in [0.1, 0.15) is 0 Å². The van der Waals surface area contributed by atoms with E-state index in [0.717, 1.165) is 0 Å². The summed E-state index contributed by atoms with van der Waals surface area (Å²) in [5.41, 5.74) is 0.608. The predicted octanol–water partition coefficient (Wildman–Crippen LogP) is 1.74. The summed E-state index contributed by atoms with van der Waals surface area (Å²) >= 11 is 5.92. The molecule has 2 aromatic rings. The molecule has 0 aliphatic carbocycles. The second-order valence-electron chi connectivity index (χ2n) is 6.93. The average Bonchev–Trinajstić information content (AvgIpc) is 2.69. The quantitative estimate of drug-likeness (QED) is 0.766. The normalized spacial score (nSPS) is 16.0. The molecule has 0 unspecified atom stereocenters. The molecule has 0 radical (unpaired) electrons. The summed E-state index contributed by atoms with van der Waals surface area (Å²) in [6.45, 7) is 4.03. The highest BCUT2D eigenvalue weighted by Crippen LogP contribution is 2.16. The molecule has 0 bridgehead atoms. The SMILES string of the molecule is CCS(=O)(=O)N1CCC(NC(=O)c2nn(-c3ccc(Cl)cc3)c(C)cc2=O)CC1. The Kier molecular flexibility index (Phi) is 6.40. The number of carbonyl (C=O) groups is 1. The number of amides is 1. The van der Waals surface area contributed by atoms with Crippen LogP contribution in [-0.4, -0.2) is 53.3 Å². The lowest BCUT2D eigenvalue weighted by Crippen LogP contribution is -2.47. The molecule has 3 rings (SSSR count). The van der Waals surface area contributed by atoms with Gasteiger partial charge in [-0.25, -0.2) is 17.4 Å². The van der Waals surface area contributed by atoms with Crippen molar-refractivity contribution in [3.8, 4) is 5.69 Å². The van der Waals surface area contributed by atoms with E-state index in [1.165, 1.54) is 15.1 Å². The van der Waals surface area contributed by atoms with Gasteiger partial charge in [-0.05, 0) is 51.0 Å². The van der Waals surface area contributed by atoms with Gasteiger partial charge in [-0.1, -0.05) is 11.6 Å². The minimum Gasteiger partial charge on any atom is -0.348 e. The summed E-state index contributed by atoms with van der Waals surface area (Å²) in [7, 11) is -3.23. The Morgan fingerprint density at radius 3 is 2.45 bits per heavy atom. The van der Waals surface area contributed by atoms with E-state index in [1.54, 1.807) is 38.1 Å². The number of aryl methyl sites for hydroxylation is 1. The van der Waals surface area contributed by atoms with Crippen LogP contribution in [0.4, 0.5) is 0 Å². The van der Waals surface area contributed by atoms with Crippen LogP contribution >= 0.6 is 11.6 Å². The van der Waals surface area contributed by atoms with Crippen LogP contribution in [0.1, 0.15) is 35.9 Å². The standard InChI is InChI=1S/C19H23ClN4O4S/c1-3-29(27,28)23-10-8-15(9-11-23)21-19(26)18-17(25)12-13(2)24(22-18)16-6-4-14(20)5-7-16/h4-7,12,15H,3,8-11H2,1-2H3,(H,21,26). The lowest BCUT2D eigenvalue weighted by atomic mass is 10.1. The van der Waals surface area contributed by atoms with Crippen molar-refractivity contribution in [2.75, 3.05) is 18.8 Å². The molecule has 0 atom stereocenters. The summed E-state index contributed by atoms with van der Waals surface area (Å²) < 4.78 is 26.9. The monoisotopic (exact) mass is 438 g/mol. The highest BCUT2D eigenvalue weighted by Gasteiger charge is 2.28. The van der Waals surface area contributed by atoms with Crippen LogP contribution in [0.3, 0.4) is 0 Å². The maximum atomic E-state index is 12.7. The zero-order chi connectivity index (χ0) is 21.2. The summed E-state index contributed by atoms with van der Waals surface area (Å²) in [5.74, 6) is -0.504. The summed E-state index contributed by atoms with van der Waals surface area (Å²) in [5, 5.41) is 7.63. The molecule has 1 aliphatic heterocycles. The van der Waals surface area contributed by atoms with Crippen LogP contribution in [0.2, 0.25) is 5.02 Å². The number of piperidine rings is 1. The van der Waals surface area contributed by atoms with Gasteiger partial charge in [-0.2, -0.15) is 5.10 Å². The molecule has 1 N–H and O–H groups in total. The van der Waals surface area contributed by atoms with Gasteiger partial charge in [0.25, 0.3) is 5.91 Å².